The predicted octanol–water partition coefficient (Wildman–Crippen LogP) is 3.42. The second-order valence-corrected chi connectivity index (χ2v) is 11.4. The average molecular weight is 833 g/mol. The van der Waals surface area contributed by atoms with E-state index < -0.39 is 68.5 Å². The minimum absolute atomic E-state index is 0. The van der Waals surface area contributed by atoms with E-state index in [1.807, 2.05) is 0 Å². The van der Waals surface area contributed by atoms with E-state index in [0.717, 1.165) is 22.6 Å². The van der Waals surface area contributed by atoms with Gasteiger partial charge in [0.15, 0.2) is 0 Å². The van der Waals surface area contributed by atoms with Crippen LogP contribution in [0.15, 0.2) is 12.2 Å². The zero-order valence-corrected chi connectivity index (χ0v) is 30.5. The third-order valence-corrected chi connectivity index (χ3v) is 6.91. The molecule has 0 saturated carbocycles. The van der Waals surface area contributed by atoms with Gasteiger partial charge in [-0.2, -0.15) is 0 Å². The molecule has 0 heterocycles. The smallest absolute Gasteiger partial charge is 0.481 e. The molecule has 0 bridgehead atoms. The average Bonchev–Trinajstić information content (AvgIpc) is 2.95. The van der Waals surface area contributed by atoms with Crippen LogP contribution in [0.3, 0.4) is 0 Å². The Morgan fingerprint density at radius 2 is 0.708 bits per heavy atom. The second-order valence-electron chi connectivity index (χ2n) is 11.4. The first kappa shape index (κ1) is 50.1. The van der Waals surface area contributed by atoms with Crippen LogP contribution in [0.5, 0.6) is 0 Å². The van der Waals surface area contributed by atoms with Crippen molar-refractivity contribution in [3.05, 3.63) is 12.2 Å². The first-order valence-corrected chi connectivity index (χ1v) is 16.4. The third kappa shape index (κ3) is 39.9. The number of nitrogens with zero attached hydrogens (tertiary/aromatic N) is 3. The van der Waals surface area contributed by atoms with Crippen molar-refractivity contribution < 1.29 is 99.3 Å². The Balaban J connectivity index is -0.000000862. The molecule has 0 rings (SSSR count). The SMILES string of the molecule is CCCCCCCC/C=C\CCCCCCCC(=O)O.O=C(O)CN(CCN(CC(=O)O)CC(=O)O)CCN(CC(=O)O)CC(=O)O.[Gd+3]. The Labute approximate surface area is 316 Å². The van der Waals surface area contributed by atoms with Gasteiger partial charge in [0.2, 0.25) is 0 Å². The van der Waals surface area contributed by atoms with Crippen molar-refractivity contribution in [3.63, 3.8) is 0 Å². The van der Waals surface area contributed by atoms with Crippen molar-refractivity contribution in [1.29, 1.82) is 0 Å². The molecule has 1 radical (unpaired) electrons. The summed E-state index contributed by atoms with van der Waals surface area (Å²) in [6, 6.07) is 0. The summed E-state index contributed by atoms with van der Waals surface area (Å²) >= 11 is 0. The molecule has 0 aliphatic carbocycles. The first-order valence-electron chi connectivity index (χ1n) is 16.4. The van der Waals surface area contributed by atoms with Crippen molar-refractivity contribution in [2.75, 3.05) is 58.9 Å². The van der Waals surface area contributed by atoms with Gasteiger partial charge in [-0.15, -0.1) is 0 Å². The van der Waals surface area contributed by atoms with Gasteiger partial charge in [0.25, 0.3) is 0 Å². The van der Waals surface area contributed by atoms with Crippen LogP contribution in [0, 0.1) is 39.9 Å². The van der Waals surface area contributed by atoms with E-state index >= 15 is 0 Å². The summed E-state index contributed by atoms with van der Waals surface area (Å²) in [6.45, 7) is -0.477. The molecule has 0 aliphatic heterocycles. The third-order valence-electron chi connectivity index (χ3n) is 6.91. The summed E-state index contributed by atoms with van der Waals surface area (Å²) < 4.78 is 0. The van der Waals surface area contributed by atoms with Crippen LogP contribution in [0.2, 0.25) is 0 Å². The monoisotopic (exact) mass is 833 g/mol. The molecule has 277 valence electrons. The number of hydrogen-bond acceptors (Lipinski definition) is 9. The maximum Gasteiger partial charge on any atom is 3.00 e. The van der Waals surface area contributed by atoms with E-state index in [-0.39, 0.29) is 66.1 Å². The zero-order chi connectivity index (χ0) is 35.9. The van der Waals surface area contributed by atoms with Crippen LogP contribution in [0.25, 0.3) is 0 Å². The summed E-state index contributed by atoms with van der Waals surface area (Å²) in [7, 11) is 0. The Hall–Kier alpha value is -2.24. The number of carboxylic acid groups (broad SMARTS) is 6. The van der Waals surface area contributed by atoms with Gasteiger partial charge >= 0.3 is 75.8 Å². The van der Waals surface area contributed by atoms with Crippen LogP contribution in [-0.4, -0.2) is 140 Å². The normalized spacial score (nSPS) is 10.9. The summed E-state index contributed by atoms with van der Waals surface area (Å²) in [5.74, 6) is -6.82. The molecule has 6 N–H and O–H groups in total. The molecule has 48 heavy (non-hydrogen) atoms. The molecule has 0 fully saturated rings. The van der Waals surface area contributed by atoms with Gasteiger partial charge in [0, 0.05) is 32.6 Å². The predicted molar refractivity (Wildman–Crippen MR) is 175 cm³/mol. The van der Waals surface area contributed by atoms with Gasteiger partial charge in [0.1, 0.15) is 0 Å². The number of aliphatic carboxylic acids is 6. The molecule has 0 aliphatic rings. The number of carboxylic acids is 6. The second kappa shape index (κ2) is 34.6. The minimum Gasteiger partial charge on any atom is -0.481 e. The quantitative estimate of drug-likeness (QED) is 0.0434. The first-order chi connectivity index (χ1) is 22.3. The summed E-state index contributed by atoms with van der Waals surface area (Å²) in [6.07, 6.45) is 21.2. The molecular weight excluding hydrogens is 776 g/mol. The van der Waals surface area contributed by atoms with Crippen molar-refractivity contribution in [3.8, 4) is 0 Å². The Morgan fingerprint density at radius 1 is 0.417 bits per heavy atom. The number of unbranched alkanes of at least 4 members (excludes halogenated alkanes) is 11. The van der Waals surface area contributed by atoms with Crippen LogP contribution in [-0.2, 0) is 28.8 Å². The van der Waals surface area contributed by atoms with Crippen LogP contribution in [0.4, 0.5) is 0 Å². The van der Waals surface area contributed by atoms with Crippen LogP contribution in [0.1, 0.15) is 96.8 Å². The number of allylic oxidation sites excluding steroid dienone is 2. The van der Waals surface area contributed by atoms with E-state index in [2.05, 4.69) is 19.1 Å². The maximum absolute atomic E-state index is 11.0. The molecule has 0 aromatic heterocycles. The van der Waals surface area contributed by atoms with Crippen molar-refractivity contribution in [2.45, 2.75) is 96.8 Å². The molecule has 0 aromatic rings. The van der Waals surface area contributed by atoms with Gasteiger partial charge in [-0.05, 0) is 32.1 Å². The minimum atomic E-state index is -1.24. The van der Waals surface area contributed by atoms with E-state index in [1.54, 1.807) is 0 Å². The molecule has 0 saturated heterocycles. The fourth-order valence-electron chi connectivity index (χ4n) is 4.57. The molecule has 0 spiro atoms. The van der Waals surface area contributed by atoms with Gasteiger partial charge in [-0.25, -0.2) is 0 Å². The fourth-order valence-corrected chi connectivity index (χ4v) is 4.57. The molecule has 0 atom stereocenters. The topological polar surface area (TPSA) is 234 Å². The van der Waals surface area contributed by atoms with E-state index in [0.29, 0.717) is 6.42 Å². The summed E-state index contributed by atoms with van der Waals surface area (Å²) in [5, 5.41) is 52.6. The molecule has 16 heteroatoms. The van der Waals surface area contributed by atoms with Crippen molar-refractivity contribution in [1.82, 2.24) is 14.7 Å². The van der Waals surface area contributed by atoms with E-state index in [9.17, 15) is 28.8 Å². The van der Waals surface area contributed by atoms with Gasteiger partial charge in [-0.3, -0.25) is 43.5 Å². The molecule has 0 amide bonds. The van der Waals surface area contributed by atoms with Gasteiger partial charge in [0.05, 0.1) is 32.7 Å². The van der Waals surface area contributed by atoms with Crippen LogP contribution < -0.4 is 0 Å². The summed E-state index contributed by atoms with van der Waals surface area (Å²) in [5.41, 5.74) is 0. The maximum atomic E-state index is 11.0. The summed E-state index contributed by atoms with van der Waals surface area (Å²) in [4.78, 5) is 67.9. The Kier molecular flexibility index (Phi) is 36.2. The van der Waals surface area contributed by atoms with Crippen LogP contribution >= 0.6 is 0 Å². The van der Waals surface area contributed by atoms with Crippen molar-refractivity contribution >= 4 is 35.8 Å². The van der Waals surface area contributed by atoms with E-state index in [1.165, 1.54) is 75.5 Å². The molecular formula is C32H57GdN3O12+3. The molecule has 0 aromatic carbocycles. The Bertz CT molecular complexity index is 864. The largest absolute Gasteiger partial charge is 3.00 e. The number of hydrogen-bond donors (Lipinski definition) is 6. The fraction of sp³-hybridized carbons (Fsp3) is 0.750. The number of carbonyl (C=O) groups is 6. The molecule has 0 unspecified atom stereocenters. The Morgan fingerprint density at radius 3 is 1.04 bits per heavy atom. The van der Waals surface area contributed by atoms with Gasteiger partial charge in [-0.1, -0.05) is 70.4 Å². The molecule has 15 nitrogen and oxygen atoms in total. The van der Waals surface area contributed by atoms with E-state index in [4.69, 9.17) is 30.6 Å². The van der Waals surface area contributed by atoms with Gasteiger partial charge < -0.3 is 30.6 Å². The zero-order valence-electron chi connectivity index (χ0n) is 28.2. The number of rotatable bonds is 31. The van der Waals surface area contributed by atoms with Crippen molar-refractivity contribution in [2.24, 2.45) is 0 Å². The standard InChI is InChI=1S/C18H34O2.C14H23N3O10.Gd/c1-2-3-4-5-6-7-8-9-10-11-12-13-14-15-16-17-18(19)20;18-10(19)5-15(1-3-16(6-11(20)21)7-12(22)23)2-4-17(8-13(24)25)9-14(26)27;/h9-10H,2-8,11-17H2,1H3,(H,19,20);1-9H2,(H,18,19)(H,20,21)(H,22,23)(H,24,25)(H,26,27);/q;;+3/b10-9-;;.